The van der Waals surface area contributed by atoms with Gasteiger partial charge in [0.05, 0.1) is 19.0 Å². The lowest BCUT2D eigenvalue weighted by Crippen LogP contribution is -2.32. The Kier molecular flexibility index (Phi) is 4.11. The van der Waals surface area contributed by atoms with Crippen molar-refractivity contribution < 1.29 is 9.53 Å². The Morgan fingerprint density at radius 2 is 2.15 bits per heavy atom. The summed E-state index contributed by atoms with van der Waals surface area (Å²) in [5.41, 5.74) is 2.06. The molecule has 9 nitrogen and oxygen atoms in total. The molecule has 0 saturated carbocycles. The molecule has 1 aliphatic rings. The van der Waals surface area contributed by atoms with Gasteiger partial charge in [-0.05, 0) is 31.5 Å². The quantitative estimate of drug-likeness (QED) is 0.752. The number of hydrogen-bond acceptors (Lipinski definition) is 7. The summed E-state index contributed by atoms with van der Waals surface area (Å²) in [6.07, 6.45) is 2.73. The van der Waals surface area contributed by atoms with Gasteiger partial charge in [0, 0.05) is 25.2 Å². The SMILES string of the molecule is COc1ccc(C(=O)N2CCC(Nc3ccc4nc(C)cn4n3)C2)nn1. The van der Waals surface area contributed by atoms with Gasteiger partial charge in [-0.1, -0.05) is 0 Å². The summed E-state index contributed by atoms with van der Waals surface area (Å²) < 4.78 is 6.72. The zero-order chi connectivity index (χ0) is 18.1. The zero-order valence-electron chi connectivity index (χ0n) is 14.6. The first-order valence-electron chi connectivity index (χ1n) is 8.39. The number of imidazole rings is 1. The van der Waals surface area contributed by atoms with E-state index in [1.165, 1.54) is 7.11 Å². The maximum atomic E-state index is 12.5. The predicted molar refractivity (Wildman–Crippen MR) is 94.2 cm³/mol. The van der Waals surface area contributed by atoms with Crippen molar-refractivity contribution in [3.05, 3.63) is 41.9 Å². The summed E-state index contributed by atoms with van der Waals surface area (Å²) in [7, 11) is 1.51. The number of hydrogen-bond donors (Lipinski definition) is 1. The standard InChI is InChI=1S/C17H19N7O2/c1-11-9-24-15(18-11)5-4-14(22-24)19-12-7-8-23(10-12)17(25)13-3-6-16(26-2)21-20-13/h3-6,9,12H,7-8,10H2,1-2H3,(H,19,22). The fourth-order valence-electron chi connectivity index (χ4n) is 3.05. The first kappa shape index (κ1) is 16.2. The van der Waals surface area contributed by atoms with Crippen molar-refractivity contribution in [1.82, 2.24) is 29.7 Å². The summed E-state index contributed by atoms with van der Waals surface area (Å²) in [4.78, 5) is 18.7. The van der Waals surface area contributed by atoms with Crippen LogP contribution in [0.4, 0.5) is 5.82 Å². The molecule has 1 aliphatic heterocycles. The third-order valence-electron chi connectivity index (χ3n) is 4.34. The van der Waals surface area contributed by atoms with E-state index in [1.54, 1.807) is 21.5 Å². The number of carbonyl (C=O) groups excluding carboxylic acids is 1. The van der Waals surface area contributed by atoms with E-state index in [0.717, 1.165) is 23.6 Å². The van der Waals surface area contributed by atoms with Crippen LogP contribution in [-0.2, 0) is 0 Å². The monoisotopic (exact) mass is 353 g/mol. The second-order valence-corrected chi connectivity index (χ2v) is 6.25. The van der Waals surface area contributed by atoms with Crippen molar-refractivity contribution in [2.45, 2.75) is 19.4 Å². The van der Waals surface area contributed by atoms with Crippen LogP contribution in [0.3, 0.4) is 0 Å². The van der Waals surface area contributed by atoms with Gasteiger partial charge in [0.1, 0.15) is 5.82 Å². The average molecular weight is 353 g/mol. The number of aryl methyl sites for hydroxylation is 1. The van der Waals surface area contributed by atoms with Gasteiger partial charge in [-0.2, -0.15) is 0 Å². The third-order valence-corrected chi connectivity index (χ3v) is 4.34. The molecular weight excluding hydrogens is 334 g/mol. The molecule has 1 N–H and O–H groups in total. The van der Waals surface area contributed by atoms with Crippen LogP contribution in [0.2, 0.25) is 0 Å². The Hall–Kier alpha value is -3.23. The van der Waals surface area contributed by atoms with E-state index in [2.05, 4.69) is 25.6 Å². The Labute approximate surface area is 150 Å². The van der Waals surface area contributed by atoms with Gasteiger partial charge < -0.3 is 15.0 Å². The lowest BCUT2D eigenvalue weighted by atomic mass is 10.2. The van der Waals surface area contributed by atoms with E-state index in [-0.39, 0.29) is 11.9 Å². The lowest BCUT2D eigenvalue weighted by Gasteiger charge is -2.16. The van der Waals surface area contributed by atoms with Gasteiger partial charge >= 0.3 is 0 Å². The number of likely N-dealkylation sites (tertiary alicyclic amines) is 1. The molecule has 0 spiro atoms. The van der Waals surface area contributed by atoms with Gasteiger partial charge in [-0.25, -0.2) is 9.50 Å². The van der Waals surface area contributed by atoms with Gasteiger partial charge in [0.15, 0.2) is 11.3 Å². The molecule has 4 heterocycles. The smallest absolute Gasteiger partial charge is 0.274 e. The van der Waals surface area contributed by atoms with Crippen molar-refractivity contribution >= 4 is 17.4 Å². The van der Waals surface area contributed by atoms with Crippen molar-refractivity contribution in [3.63, 3.8) is 0 Å². The van der Waals surface area contributed by atoms with Crippen LogP contribution in [-0.4, -0.2) is 61.8 Å². The van der Waals surface area contributed by atoms with Crippen LogP contribution in [0.1, 0.15) is 22.6 Å². The summed E-state index contributed by atoms with van der Waals surface area (Å²) in [5.74, 6) is 1.02. The van der Waals surface area contributed by atoms with Crippen molar-refractivity contribution in [1.29, 1.82) is 0 Å². The van der Waals surface area contributed by atoms with Crippen molar-refractivity contribution in [2.24, 2.45) is 0 Å². The van der Waals surface area contributed by atoms with Crippen LogP contribution in [0, 0.1) is 6.92 Å². The highest BCUT2D eigenvalue weighted by atomic mass is 16.5. The third kappa shape index (κ3) is 3.15. The first-order chi connectivity index (χ1) is 12.6. The van der Waals surface area contributed by atoms with Crippen LogP contribution >= 0.6 is 0 Å². The minimum atomic E-state index is -0.127. The molecule has 134 valence electrons. The number of amides is 1. The molecule has 1 saturated heterocycles. The Morgan fingerprint density at radius 3 is 2.92 bits per heavy atom. The average Bonchev–Trinajstić information content (AvgIpc) is 3.26. The summed E-state index contributed by atoms with van der Waals surface area (Å²) in [5, 5.41) is 15.7. The highest BCUT2D eigenvalue weighted by Crippen LogP contribution is 2.17. The zero-order valence-corrected chi connectivity index (χ0v) is 14.6. The maximum absolute atomic E-state index is 12.5. The van der Waals surface area contributed by atoms with E-state index >= 15 is 0 Å². The molecule has 3 aromatic rings. The molecule has 1 atom stereocenters. The second-order valence-electron chi connectivity index (χ2n) is 6.25. The van der Waals surface area contributed by atoms with E-state index in [1.807, 2.05) is 25.3 Å². The number of fused-ring (bicyclic) bond motifs is 1. The molecule has 1 amide bonds. The predicted octanol–water partition coefficient (Wildman–Crippen LogP) is 1.16. The normalized spacial score (nSPS) is 16.8. The number of ether oxygens (including phenoxy) is 1. The minimum Gasteiger partial charge on any atom is -0.480 e. The Balaban J connectivity index is 1.41. The molecule has 3 aromatic heterocycles. The minimum absolute atomic E-state index is 0.127. The van der Waals surface area contributed by atoms with Crippen LogP contribution in [0.25, 0.3) is 5.65 Å². The fourth-order valence-corrected chi connectivity index (χ4v) is 3.05. The summed E-state index contributed by atoms with van der Waals surface area (Å²) >= 11 is 0. The van der Waals surface area contributed by atoms with Crippen molar-refractivity contribution in [3.8, 4) is 5.88 Å². The molecule has 0 aliphatic carbocycles. The molecule has 0 aromatic carbocycles. The second kappa shape index (κ2) is 6.58. The molecule has 0 radical (unpaired) electrons. The first-order valence-corrected chi connectivity index (χ1v) is 8.39. The van der Waals surface area contributed by atoms with Gasteiger partial charge in [-0.3, -0.25) is 4.79 Å². The number of carbonyl (C=O) groups is 1. The Bertz CT molecular complexity index is 938. The molecule has 4 rings (SSSR count). The van der Waals surface area contributed by atoms with Crippen molar-refractivity contribution in [2.75, 3.05) is 25.5 Å². The van der Waals surface area contributed by atoms with E-state index < -0.39 is 0 Å². The summed E-state index contributed by atoms with van der Waals surface area (Å²) in [6, 6.07) is 7.23. The largest absolute Gasteiger partial charge is 0.480 e. The van der Waals surface area contributed by atoms with Gasteiger partial charge in [-0.15, -0.1) is 15.3 Å². The van der Waals surface area contributed by atoms with E-state index in [4.69, 9.17) is 4.74 Å². The fraction of sp³-hybridized carbons (Fsp3) is 0.353. The molecule has 26 heavy (non-hydrogen) atoms. The van der Waals surface area contributed by atoms with Crippen LogP contribution < -0.4 is 10.1 Å². The van der Waals surface area contributed by atoms with E-state index in [9.17, 15) is 4.79 Å². The molecule has 1 unspecified atom stereocenters. The highest BCUT2D eigenvalue weighted by molar-refractivity contribution is 5.92. The lowest BCUT2D eigenvalue weighted by molar-refractivity contribution is 0.0784. The number of methoxy groups -OCH3 is 1. The maximum Gasteiger partial charge on any atom is 0.274 e. The number of nitrogens with one attached hydrogen (secondary N) is 1. The molecular formula is C17H19N7O2. The molecule has 0 bridgehead atoms. The summed E-state index contributed by atoms with van der Waals surface area (Å²) in [6.45, 7) is 3.19. The number of nitrogens with zero attached hydrogens (tertiary/aromatic N) is 6. The topological polar surface area (TPSA) is 97.5 Å². The van der Waals surface area contributed by atoms with Crippen LogP contribution in [0.15, 0.2) is 30.5 Å². The number of aromatic nitrogens is 5. The highest BCUT2D eigenvalue weighted by Gasteiger charge is 2.28. The van der Waals surface area contributed by atoms with Crippen LogP contribution in [0.5, 0.6) is 5.88 Å². The number of anilines is 1. The van der Waals surface area contributed by atoms with Gasteiger partial charge in [0.25, 0.3) is 5.91 Å². The number of rotatable bonds is 4. The van der Waals surface area contributed by atoms with Gasteiger partial charge in [0.2, 0.25) is 5.88 Å². The Morgan fingerprint density at radius 1 is 1.27 bits per heavy atom. The molecule has 9 heteroatoms. The molecule has 1 fully saturated rings. The van der Waals surface area contributed by atoms with E-state index in [0.29, 0.717) is 24.7 Å².